The molecule has 0 fully saturated rings. The van der Waals surface area contributed by atoms with Gasteiger partial charge in [-0.3, -0.25) is 4.79 Å². The maximum Gasteiger partial charge on any atom is 0.258 e. The minimum atomic E-state index is -0.174. The number of amides is 1. The van der Waals surface area contributed by atoms with E-state index in [1.54, 1.807) is 42.4 Å². The predicted octanol–water partition coefficient (Wildman–Crippen LogP) is 2.03. The first-order valence-electron chi connectivity index (χ1n) is 8.17. The van der Waals surface area contributed by atoms with E-state index in [0.717, 1.165) is 16.9 Å². The summed E-state index contributed by atoms with van der Waals surface area (Å²) in [6, 6.07) is 15.1. The Morgan fingerprint density at radius 1 is 1.04 bits per heavy atom. The Labute approximate surface area is 151 Å². The Kier molecular flexibility index (Phi) is 5.82. The third kappa shape index (κ3) is 5.07. The summed E-state index contributed by atoms with van der Waals surface area (Å²) in [5.74, 6) is 1.19. The summed E-state index contributed by atoms with van der Waals surface area (Å²) < 4.78 is 12.3. The number of carbonyl (C=O) groups is 1. The molecular weight excluding hydrogens is 332 g/mol. The highest BCUT2D eigenvalue weighted by Gasteiger charge is 2.04. The molecule has 0 radical (unpaired) electrons. The van der Waals surface area contributed by atoms with Gasteiger partial charge < -0.3 is 14.8 Å². The number of hydrogen-bond donors (Lipinski definition) is 1. The molecule has 134 valence electrons. The monoisotopic (exact) mass is 352 g/mol. The van der Waals surface area contributed by atoms with Gasteiger partial charge in [0.15, 0.2) is 6.61 Å². The van der Waals surface area contributed by atoms with Crippen LogP contribution in [0.15, 0.2) is 61.2 Å². The van der Waals surface area contributed by atoms with Crippen molar-refractivity contribution in [2.24, 2.45) is 0 Å². The zero-order valence-corrected chi connectivity index (χ0v) is 14.5. The minimum Gasteiger partial charge on any atom is -0.497 e. The maximum absolute atomic E-state index is 11.9. The van der Waals surface area contributed by atoms with E-state index in [2.05, 4.69) is 15.4 Å². The van der Waals surface area contributed by atoms with Crippen molar-refractivity contribution in [2.75, 3.05) is 13.7 Å². The smallest absolute Gasteiger partial charge is 0.258 e. The fourth-order valence-corrected chi connectivity index (χ4v) is 2.34. The van der Waals surface area contributed by atoms with Gasteiger partial charge in [-0.2, -0.15) is 5.10 Å². The number of nitrogens with one attached hydrogen (secondary N) is 1. The molecule has 0 aliphatic rings. The fourth-order valence-electron chi connectivity index (χ4n) is 2.34. The Hall–Kier alpha value is -3.35. The fraction of sp³-hybridized carbons (Fsp3) is 0.211. The van der Waals surface area contributed by atoms with Crippen molar-refractivity contribution in [3.05, 3.63) is 72.3 Å². The molecule has 0 saturated heterocycles. The van der Waals surface area contributed by atoms with Crippen molar-refractivity contribution >= 4 is 5.91 Å². The lowest BCUT2D eigenvalue weighted by molar-refractivity contribution is -0.123. The minimum absolute atomic E-state index is 0.0310. The van der Waals surface area contributed by atoms with E-state index in [-0.39, 0.29) is 12.5 Å². The summed E-state index contributed by atoms with van der Waals surface area (Å²) in [4.78, 5) is 15.8. The van der Waals surface area contributed by atoms with Crippen LogP contribution in [0.25, 0.3) is 0 Å². The van der Waals surface area contributed by atoms with Gasteiger partial charge in [0.05, 0.1) is 13.7 Å². The van der Waals surface area contributed by atoms with Crippen LogP contribution in [0.3, 0.4) is 0 Å². The summed E-state index contributed by atoms with van der Waals surface area (Å²) in [5, 5.41) is 6.92. The molecule has 1 aromatic heterocycles. The normalized spacial score (nSPS) is 10.3. The lowest BCUT2D eigenvalue weighted by atomic mass is 10.1. The maximum atomic E-state index is 11.9. The van der Waals surface area contributed by atoms with Crippen molar-refractivity contribution in [1.82, 2.24) is 20.1 Å². The van der Waals surface area contributed by atoms with E-state index >= 15 is 0 Å². The molecule has 7 nitrogen and oxygen atoms in total. The average molecular weight is 352 g/mol. The summed E-state index contributed by atoms with van der Waals surface area (Å²) >= 11 is 0. The van der Waals surface area contributed by atoms with E-state index in [1.807, 2.05) is 24.3 Å². The van der Waals surface area contributed by atoms with Crippen molar-refractivity contribution < 1.29 is 14.3 Å². The SMILES string of the molecule is COc1ccc(OCC(=O)NCc2ccc(Cn3cncn3)cc2)cc1. The predicted molar refractivity (Wildman–Crippen MR) is 95.9 cm³/mol. The average Bonchev–Trinajstić information content (AvgIpc) is 3.19. The van der Waals surface area contributed by atoms with Crippen LogP contribution in [0.1, 0.15) is 11.1 Å². The molecule has 0 aliphatic carbocycles. The molecule has 7 heteroatoms. The van der Waals surface area contributed by atoms with Crippen molar-refractivity contribution in [2.45, 2.75) is 13.1 Å². The second-order valence-corrected chi connectivity index (χ2v) is 5.65. The van der Waals surface area contributed by atoms with E-state index < -0.39 is 0 Å². The van der Waals surface area contributed by atoms with Crippen LogP contribution >= 0.6 is 0 Å². The number of methoxy groups -OCH3 is 1. The quantitative estimate of drug-likeness (QED) is 0.671. The molecule has 1 amide bonds. The molecule has 2 aromatic carbocycles. The number of ether oxygens (including phenoxy) is 2. The van der Waals surface area contributed by atoms with Crippen LogP contribution in [0.5, 0.6) is 11.5 Å². The van der Waals surface area contributed by atoms with Gasteiger partial charge in [-0.25, -0.2) is 9.67 Å². The highest BCUT2D eigenvalue weighted by molar-refractivity contribution is 5.77. The molecule has 26 heavy (non-hydrogen) atoms. The first-order valence-corrected chi connectivity index (χ1v) is 8.17. The summed E-state index contributed by atoms with van der Waals surface area (Å²) in [5.41, 5.74) is 2.14. The Morgan fingerprint density at radius 2 is 1.73 bits per heavy atom. The first-order chi connectivity index (χ1) is 12.7. The van der Waals surface area contributed by atoms with Crippen molar-refractivity contribution in [3.63, 3.8) is 0 Å². The molecule has 3 rings (SSSR count). The molecule has 0 unspecified atom stereocenters. The molecule has 1 N–H and O–H groups in total. The second-order valence-electron chi connectivity index (χ2n) is 5.65. The van der Waals surface area contributed by atoms with Crippen LogP contribution in [0.2, 0.25) is 0 Å². The molecule has 0 atom stereocenters. The van der Waals surface area contributed by atoms with E-state index in [9.17, 15) is 4.79 Å². The highest BCUT2D eigenvalue weighted by atomic mass is 16.5. The Bertz CT molecular complexity index is 815. The molecule has 0 bridgehead atoms. The van der Waals surface area contributed by atoms with Gasteiger partial charge in [-0.1, -0.05) is 24.3 Å². The van der Waals surface area contributed by atoms with Crippen LogP contribution in [0.4, 0.5) is 0 Å². The van der Waals surface area contributed by atoms with Gasteiger partial charge in [0.2, 0.25) is 0 Å². The standard InChI is InChI=1S/C19H20N4O3/c1-25-17-6-8-18(9-7-17)26-12-19(24)21-10-15-2-4-16(5-3-15)11-23-14-20-13-22-23/h2-9,13-14H,10-12H2,1H3,(H,21,24). The van der Waals surface area contributed by atoms with E-state index in [0.29, 0.717) is 18.8 Å². The van der Waals surface area contributed by atoms with Gasteiger partial charge in [0.25, 0.3) is 5.91 Å². The van der Waals surface area contributed by atoms with Crippen LogP contribution in [0, 0.1) is 0 Å². The first kappa shape index (κ1) is 17.5. The Morgan fingerprint density at radius 3 is 2.38 bits per heavy atom. The van der Waals surface area contributed by atoms with Gasteiger partial charge in [0, 0.05) is 6.54 Å². The molecule has 0 spiro atoms. The lowest BCUT2D eigenvalue weighted by Crippen LogP contribution is -2.28. The number of rotatable bonds is 8. The third-order valence-corrected chi connectivity index (χ3v) is 3.75. The number of hydrogen-bond acceptors (Lipinski definition) is 5. The van der Waals surface area contributed by atoms with Gasteiger partial charge >= 0.3 is 0 Å². The van der Waals surface area contributed by atoms with Gasteiger partial charge in [-0.05, 0) is 35.4 Å². The van der Waals surface area contributed by atoms with Gasteiger partial charge in [-0.15, -0.1) is 0 Å². The largest absolute Gasteiger partial charge is 0.497 e. The third-order valence-electron chi connectivity index (χ3n) is 3.75. The summed E-state index contributed by atoms with van der Waals surface area (Å²) in [7, 11) is 1.60. The van der Waals surface area contributed by atoms with E-state index in [4.69, 9.17) is 9.47 Å². The zero-order chi connectivity index (χ0) is 18.2. The van der Waals surface area contributed by atoms with Crippen LogP contribution in [-0.4, -0.2) is 34.4 Å². The number of carbonyl (C=O) groups excluding carboxylic acids is 1. The Balaban J connectivity index is 1.42. The van der Waals surface area contributed by atoms with E-state index in [1.165, 1.54) is 6.33 Å². The van der Waals surface area contributed by atoms with Crippen molar-refractivity contribution in [1.29, 1.82) is 0 Å². The van der Waals surface area contributed by atoms with Gasteiger partial charge in [0.1, 0.15) is 24.2 Å². The molecule has 3 aromatic rings. The summed E-state index contributed by atoms with van der Waals surface area (Å²) in [6.07, 6.45) is 3.19. The second kappa shape index (κ2) is 8.66. The topological polar surface area (TPSA) is 78.3 Å². The zero-order valence-electron chi connectivity index (χ0n) is 14.5. The number of benzene rings is 2. The molecular formula is C19H20N4O3. The number of nitrogens with zero attached hydrogens (tertiary/aromatic N) is 3. The van der Waals surface area contributed by atoms with Crippen LogP contribution in [-0.2, 0) is 17.9 Å². The van der Waals surface area contributed by atoms with Crippen LogP contribution < -0.4 is 14.8 Å². The van der Waals surface area contributed by atoms with Crippen molar-refractivity contribution in [3.8, 4) is 11.5 Å². The lowest BCUT2D eigenvalue weighted by Gasteiger charge is -2.09. The molecule has 1 heterocycles. The highest BCUT2D eigenvalue weighted by Crippen LogP contribution is 2.16. The molecule has 0 aliphatic heterocycles. The molecule has 0 saturated carbocycles. The number of aromatic nitrogens is 3. The summed E-state index contributed by atoms with van der Waals surface area (Å²) in [6.45, 7) is 1.09.